The summed E-state index contributed by atoms with van der Waals surface area (Å²) in [4.78, 5) is 42.2. The number of carbonyl (C=O) groups excluding carboxylic acids is 3. The molecule has 3 amide bonds. The van der Waals surface area contributed by atoms with Crippen LogP contribution in [0, 0.1) is 0 Å². The Balaban J connectivity index is 1.45. The lowest BCUT2D eigenvalue weighted by molar-refractivity contribution is -0.140. The molecule has 182 valence electrons. The third-order valence-corrected chi connectivity index (χ3v) is 6.45. The summed E-state index contributed by atoms with van der Waals surface area (Å²) >= 11 is 0. The molecule has 0 aromatic heterocycles. The van der Waals surface area contributed by atoms with Gasteiger partial charge < -0.3 is 19.9 Å². The molecule has 0 radical (unpaired) electrons. The minimum atomic E-state index is -0.615. The lowest BCUT2D eigenvalue weighted by Crippen LogP contribution is -2.47. The quantitative estimate of drug-likeness (QED) is 0.480. The molecule has 3 aromatic carbocycles. The Morgan fingerprint density at radius 2 is 1.77 bits per heavy atom. The van der Waals surface area contributed by atoms with Crippen LogP contribution in [0.5, 0.6) is 5.75 Å². The molecule has 0 spiro atoms. The molecule has 0 fully saturated rings. The topological polar surface area (TPSA) is 79.0 Å². The highest BCUT2D eigenvalue weighted by Crippen LogP contribution is 2.37. The predicted molar refractivity (Wildman–Crippen MR) is 137 cm³/mol. The van der Waals surface area contributed by atoms with Crippen molar-refractivity contribution in [2.45, 2.75) is 39.3 Å². The van der Waals surface area contributed by atoms with Crippen molar-refractivity contribution in [2.24, 2.45) is 0 Å². The molecule has 1 aliphatic heterocycles. The van der Waals surface area contributed by atoms with Gasteiger partial charge in [-0.1, -0.05) is 36.4 Å². The van der Waals surface area contributed by atoms with Gasteiger partial charge in [0, 0.05) is 37.0 Å². The zero-order valence-electron chi connectivity index (χ0n) is 20.4. The second kappa shape index (κ2) is 10.6. The van der Waals surface area contributed by atoms with Crippen LogP contribution in [-0.2, 0) is 16.1 Å². The smallest absolute Gasteiger partial charge is 0.258 e. The van der Waals surface area contributed by atoms with E-state index in [0.717, 1.165) is 27.8 Å². The molecule has 1 N–H and O–H groups in total. The summed E-state index contributed by atoms with van der Waals surface area (Å²) in [5, 5.41) is 4.81. The number of methoxy groups -OCH3 is 1. The van der Waals surface area contributed by atoms with E-state index in [0.29, 0.717) is 31.6 Å². The van der Waals surface area contributed by atoms with Gasteiger partial charge in [0.15, 0.2) is 0 Å². The Morgan fingerprint density at radius 1 is 1.06 bits per heavy atom. The van der Waals surface area contributed by atoms with Crippen molar-refractivity contribution < 1.29 is 19.1 Å². The molecule has 1 atom stereocenters. The van der Waals surface area contributed by atoms with Crippen LogP contribution < -0.4 is 15.0 Å². The van der Waals surface area contributed by atoms with Gasteiger partial charge in [0.25, 0.3) is 5.91 Å². The maximum absolute atomic E-state index is 13.3. The van der Waals surface area contributed by atoms with E-state index in [1.165, 1.54) is 0 Å². The van der Waals surface area contributed by atoms with Gasteiger partial charge in [0.05, 0.1) is 12.8 Å². The first-order chi connectivity index (χ1) is 16.9. The van der Waals surface area contributed by atoms with Crippen molar-refractivity contribution in [3.63, 3.8) is 0 Å². The molecule has 0 saturated carbocycles. The second-order valence-corrected chi connectivity index (χ2v) is 8.68. The first-order valence-corrected chi connectivity index (χ1v) is 12.0. The van der Waals surface area contributed by atoms with Crippen molar-refractivity contribution in [3.05, 3.63) is 71.8 Å². The first-order valence-electron chi connectivity index (χ1n) is 12.0. The van der Waals surface area contributed by atoms with Crippen LogP contribution in [0.4, 0.5) is 5.69 Å². The predicted octanol–water partition coefficient (Wildman–Crippen LogP) is 4.14. The minimum Gasteiger partial charge on any atom is -0.497 e. The van der Waals surface area contributed by atoms with Crippen molar-refractivity contribution >= 4 is 34.2 Å². The number of hydrogen-bond donors (Lipinski definition) is 1. The van der Waals surface area contributed by atoms with E-state index in [1.54, 1.807) is 23.8 Å². The zero-order valence-corrected chi connectivity index (χ0v) is 20.4. The van der Waals surface area contributed by atoms with E-state index in [4.69, 9.17) is 4.74 Å². The maximum Gasteiger partial charge on any atom is 0.258 e. The minimum absolute atomic E-state index is 0.0324. The lowest BCUT2D eigenvalue weighted by Gasteiger charge is -2.29. The number of amides is 3. The van der Waals surface area contributed by atoms with Crippen molar-refractivity contribution in [1.29, 1.82) is 0 Å². The molecule has 0 bridgehead atoms. The number of likely N-dealkylation sites (N-methyl/N-ethyl adjacent to an activating group) is 1. The highest BCUT2D eigenvalue weighted by Gasteiger charge is 2.30. The van der Waals surface area contributed by atoms with Gasteiger partial charge in [-0.25, -0.2) is 0 Å². The van der Waals surface area contributed by atoms with Gasteiger partial charge in [0.1, 0.15) is 11.8 Å². The Bertz CT molecular complexity index is 1230. The van der Waals surface area contributed by atoms with Crippen molar-refractivity contribution in [2.75, 3.05) is 25.1 Å². The van der Waals surface area contributed by atoms with E-state index >= 15 is 0 Å². The molecule has 3 aromatic rings. The number of nitrogens with zero attached hydrogens (tertiary/aromatic N) is 2. The zero-order chi connectivity index (χ0) is 24.9. The number of nitrogens with one attached hydrogen (secondary N) is 1. The summed E-state index contributed by atoms with van der Waals surface area (Å²) in [6.07, 6.45) is 0.728. The van der Waals surface area contributed by atoms with Crippen LogP contribution in [0.3, 0.4) is 0 Å². The van der Waals surface area contributed by atoms with E-state index < -0.39 is 6.04 Å². The number of anilines is 1. The van der Waals surface area contributed by atoms with E-state index in [2.05, 4.69) is 5.32 Å². The summed E-state index contributed by atoms with van der Waals surface area (Å²) in [6.45, 7) is 4.84. The van der Waals surface area contributed by atoms with Crippen LogP contribution in [0.1, 0.15) is 42.6 Å². The molecule has 7 heteroatoms. The fourth-order valence-corrected chi connectivity index (χ4v) is 4.57. The van der Waals surface area contributed by atoms with Crippen molar-refractivity contribution in [3.8, 4) is 5.75 Å². The highest BCUT2D eigenvalue weighted by atomic mass is 16.5. The molecular formula is C28H31N3O4. The third kappa shape index (κ3) is 4.99. The van der Waals surface area contributed by atoms with Gasteiger partial charge in [-0.05, 0) is 55.5 Å². The Morgan fingerprint density at radius 3 is 2.46 bits per heavy atom. The summed E-state index contributed by atoms with van der Waals surface area (Å²) in [5.74, 6) is 0.387. The van der Waals surface area contributed by atoms with Crippen LogP contribution in [0.25, 0.3) is 10.8 Å². The Hall–Kier alpha value is -3.87. The van der Waals surface area contributed by atoms with Gasteiger partial charge in [0.2, 0.25) is 11.8 Å². The van der Waals surface area contributed by atoms with Gasteiger partial charge >= 0.3 is 0 Å². The fourth-order valence-electron chi connectivity index (χ4n) is 4.57. The monoisotopic (exact) mass is 473 g/mol. The van der Waals surface area contributed by atoms with Gasteiger partial charge in [-0.2, -0.15) is 0 Å². The molecule has 35 heavy (non-hydrogen) atoms. The SMILES string of the molecule is CCNC(=O)[C@H](C)N(Cc1ccc(OC)cc1)C(=O)CCCN1C(=O)c2cccc3cccc1c23. The van der Waals surface area contributed by atoms with Crippen LogP contribution in [-0.4, -0.2) is 48.9 Å². The van der Waals surface area contributed by atoms with Crippen LogP contribution >= 0.6 is 0 Å². The molecule has 0 saturated heterocycles. The van der Waals surface area contributed by atoms with E-state index in [1.807, 2.05) is 67.6 Å². The van der Waals surface area contributed by atoms with Gasteiger partial charge in [-0.3, -0.25) is 14.4 Å². The Kier molecular flexibility index (Phi) is 7.34. The number of hydrogen-bond acceptors (Lipinski definition) is 4. The summed E-state index contributed by atoms with van der Waals surface area (Å²) in [7, 11) is 1.60. The number of rotatable bonds is 10. The molecule has 1 aliphatic rings. The molecule has 0 unspecified atom stereocenters. The molecule has 7 nitrogen and oxygen atoms in total. The van der Waals surface area contributed by atoms with Crippen molar-refractivity contribution in [1.82, 2.24) is 10.2 Å². The summed E-state index contributed by atoms with van der Waals surface area (Å²) in [6, 6.07) is 18.5. The molecule has 4 rings (SSSR count). The number of benzene rings is 3. The maximum atomic E-state index is 13.3. The first kappa shape index (κ1) is 24.3. The normalized spacial score (nSPS) is 13.1. The van der Waals surface area contributed by atoms with E-state index in [9.17, 15) is 14.4 Å². The number of ether oxygens (including phenoxy) is 1. The van der Waals surface area contributed by atoms with Crippen LogP contribution in [0.15, 0.2) is 60.7 Å². The lowest BCUT2D eigenvalue weighted by atomic mass is 10.1. The standard InChI is InChI=1S/C28H31N3O4/c1-4-29-27(33)19(2)31(18-20-13-15-22(35-3)16-14-20)25(32)12-7-17-30-24-11-6-9-21-8-5-10-23(26(21)24)28(30)34/h5-6,8-11,13-16,19H,4,7,12,17-18H2,1-3H3,(H,29,33)/t19-/m0/s1. The molecular weight excluding hydrogens is 442 g/mol. The summed E-state index contributed by atoms with van der Waals surface area (Å²) in [5.41, 5.74) is 2.50. The highest BCUT2D eigenvalue weighted by molar-refractivity contribution is 6.25. The fraction of sp³-hybridized carbons (Fsp3) is 0.321. The van der Waals surface area contributed by atoms with Crippen LogP contribution in [0.2, 0.25) is 0 Å². The number of carbonyl (C=O) groups is 3. The van der Waals surface area contributed by atoms with Gasteiger partial charge in [-0.15, -0.1) is 0 Å². The largest absolute Gasteiger partial charge is 0.497 e. The summed E-state index contributed by atoms with van der Waals surface area (Å²) < 4.78 is 5.22. The van der Waals surface area contributed by atoms with E-state index in [-0.39, 0.29) is 24.1 Å². The third-order valence-electron chi connectivity index (χ3n) is 6.45. The second-order valence-electron chi connectivity index (χ2n) is 8.68. The average molecular weight is 474 g/mol. The molecule has 0 aliphatic carbocycles. The Labute approximate surface area is 205 Å². The molecule has 1 heterocycles. The average Bonchev–Trinajstić information content (AvgIpc) is 3.15.